The molecule has 0 aliphatic heterocycles. The lowest BCUT2D eigenvalue weighted by Crippen LogP contribution is -1.98. The standard InChI is InChI=1S/C13H10N2O/c1-2-12-8-9-13(15-14-12)16-10-11-6-4-3-5-7-11/h1,3-9H,10H2. The van der Waals surface area contributed by atoms with Gasteiger partial charge >= 0.3 is 0 Å². The minimum Gasteiger partial charge on any atom is -0.472 e. The van der Waals surface area contributed by atoms with E-state index in [9.17, 15) is 0 Å². The van der Waals surface area contributed by atoms with Crippen LogP contribution in [0.2, 0.25) is 0 Å². The molecule has 0 bridgehead atoms. The summed E-state index contributed by atoms with van der Waals surface area (Å²) in [5, 5.41) is 7.65. The first-order valence-electron chi connectivity index (χ1n) is 4.85. The Labute approximate surface area is 94.1 Å². The second-order valence-corrected chi connectivity index (χ2v) is 3.18. The molecule has 0 amide bonds. The normalized spacial score (nSPS) is 9.44. The fourth-order valence-electron chi connectivity index (χ4n) is 1.21. The van der Waals surface area contributed by atoms with E-state index in [0.717, 1.165) is 5.56 Å². The average Bonchev–Trinajstić information content (AvgIpc) is 2.38. The molecule has 0 aliphatic carbocycles. The molecule has 0 N–H and O–H groups in total. The van der Waals surface area contributed by atoms with E-state index in [1.807, 2.05) is 30.3 Å². The number of nitrogens with zero attached hydrogens (tertiary/aromatic N) is 2. The van der Waals surface area contributed by atoms with Crippen molar-refractivity contribution in [2.45, 2.75) is 6.61 Å². The third-order valence-corrected chi connectivity index (χ3v) is 2.02. The lowest BCUT2D eigenvalue weighted by Gasteiger charge is -2.03. The lowest BCUT2D eigenvalue weighted by molar-refractivity contribution is 0.290. The predicted octanol–water partition coefficient (Wildman–Crippen LogP) is 2.04. The summed E-state index contributed by atoms with van der Waals surface area (Å²) in [6.07, 6.45) is 5.17. The first kappa shape index (κ1) is 10.2. The fraction of sp³-hybridized carbons (Fsp3) is 0.0769. The molecule has 16 heavy (non-hydrogen) atoms. The van der Waals surface area contributed by atoms with Gasteiger partial charge in [-0.25, -0.2) is 0 Å². The van der Waals surface area contributed by atoms with Gasteiger partial charge in [-0.1, -0.05) is 30.3 Å². The van der Waals surface area contributed by atoms with E-state index in [2.05, 4.69) is 16.1 Å². The van der Waals surface area contributed by atoms with Gasteiger partial charge in [0.25, 0.3) is 0 Å². The van der Waals surface area contributed by atoms with Crippen molar-refractivity contribution in [3.63, 3.8) is 0 Å². The van der Waals surface area contributed by atoms with Gasteiger partial charge < -0.3 is 4.74 Å². The van der Waals surface area contributed by atoms with Crippen LogP contribution in [0.1, 0.15) is 11.3 Å². The van der Waals surface area contributed by atoms with Crippen molar-refractivity contribution >= 4 is 0 Å². The van der Waals surface area contributed by atoms with Crippen molar-refractivity contribution in [1.29, 1.82) is 0 Å². The highest BCUT2D eigenvalue weighted by Crippen LogP contribution is 2.07. The molecular weight excluding hydrogens is 200 g/mol. The summed E-state index contributed by atoms with van der Waals surface area (Å²) < 4.78 is 5.45. The van der Waals surface area contributed by atoms with Crippen LogP contribution in [-0.4, -0.2) is 10.2 Å². The average molecular weight is 210 g/mol. The molecule has 3 nitrogen and oxygen atoms in total. The van der Waals surface area contributed by atoms with Gasteiger partial charge in [0.05, 0.1) is 0 Å². The molecule has 1 aromatic heterocycles. The minimum atomic E-state index is 0.475. The minimum absolute atomic E-state index is 0.475. The summed E-state index contributed by atoms with van der Waals surface area (Å²) in [5.41, 5.74) is 1.59. The van der Waals surface area contributed by atoms with Crippen molar-refractivity contribution in [2.75, 3.05) is 0 Å². The van der Waals surface area contributed by atoms with E-state index in [1.165, 1.54) is 0 Å². The third-order valence-electron chi connectivity index (χ3n) is 2.02. The predicted molar refractivity (Wildman–Crippen MR) is 60.7 cm³/mol. The van der Waals surface area contributed by atoms with Crippen molar-refractivity contribution in [3.05, 3.63) is 53.7 Å². The monoisotopic (exact) mass is 210 g/mol. The second kappa shape index (κ2) is 4.94. The zero-order valence-electron chi connectivity index (χ0n) is 8.63. The molecule has 0 fully saturated rings. The molecule has 0 atom stereocenters. The maximum Gasteiger partial charge on any atom is 0.233 e. The Bertz CT molecular complexity index is 486. The highest BCUT2D eigenvalue weighted by Gasteiger charge is 1.97. The van der Waals surface area contributed by atoms with E-state index < -0.39 is 0 Å². The molecule has 3 heteroatoms. The van der Waals surface area contributed by atoms with E-state index in [0.29, 0.717) is 18.2 Å². The summed E-state index contributed by atoms with van der Waals surface area (Å²) in [7, 11) is 0. The van der Waals surface area contributed by atoms with Crippen molar-refractivity contribution in [2.24, 2.45) is 0 Å². The van der Waals surface area contributed by atoms with Crippen LogP contribution in [0.25, 0.3) is 0 Å². The van der Waals surface area contributed by atoms with Crippen LogP contribution in [0.4, 0.5) is 0 Å². The molecule has 0 aliphatic rings. The summed E-state index contributed by atoms with van der Waals surface area (Å²) in [6.45, 7) is 0.477. The van der Waals surface area contributed by atoms with Gasteiger partial charge in [-0.05, 0) is 17.6 Å². The molecular formula is C13H10N2O. The molecule has 1 heterocycles. The van der Waals surface area contributed by atoms with Crippen LogP contribution in [0.15, 0.2) is 42.5 Å². The molecule has 0 unspecified atom stereocenters. The van der Waals surface area contributed by atoms with Crippen LogP contribution in [0, 0.1) is 12.3 Å². The van der Waals surface area contributed by atoms with Gasteiger partial charge in [-0.2, -0.15) is 0 Å². The SMILES string of the molecule is C#Cc1ccc(OCc2ccccc2)nn1. The smallest absolute Gasteiger partial charge is 0.233 e. The quantitative estimate of drug-likeness (QED) is 0.727. The number of hydrogen-bond donors (Lipinski definition) is 0. The van der Waals surface area contributed by atoms with Gasteiger partial charge in [0.2, 0.25) is 5.88 Å². The van der Waals surface area contributed by atoms with Crippen LogP contribution >= 0.6 is 0 Å². The Morgan fingerprint density at radius 1 is 1.06 bits per heavy atom. The number of terminal acetylenes is 1. The van der Waals surface area contributed by atoms with E-state index in [-0.39, 0.29) is 0 Å². The first-order valence-corrected chi connectivity index (χ1v) is 4.85. The number of hydrogen-bond acceptors (Lipinski definition) is 3. The highest BCUT2D eigenvalue weighted by atomic mass is 16.5. The zero-order valence-corrected chi connectivity index (χ0v) is 8.63. The number of ether oxygens (including phenoxy) is 1. The summed E-state index contributed by atoms with van der Waals surface area (Å²) >= 11 is 0. The van der Waals surface area contributed by atoms with E-state index in [1.54, 1.807) is 12.1 Å². The van der Waals surface area contributed by atoms with Crippen LogP contribution in [-0.2, 0) is 6.61 Å². The Kier molecular flexibility index (Phi) is 3.15. The molecule has 0 saturated heterocycles. The van der Waals surface area contributed by atoms with Gasteiger partial charge in [0, 0.05) is 6.07 Å². The van der Waals surface area contributed by atoms with Crippen LogP contribution in [0.3, 0.4) is 0 Å². The molecule has 0 saturated carbocycles. The molecule has 0 radical (unpaired) electrons. The Morgan fingerprint density at radius 3 is 2.50 bits per heavy atom. The molecule has 2 aromatic rings. The summed E-state index contributed by atoms with van der Waals surface area (Å²) in [6, 6.07) is 13.3. The number of benzene rings is 1. The maximum atomic E-state index is 5.45. The van der Waals surface area contributed by atoms with Crippen molar-refractivity contribution in [3.8, 4) is 18.2 Å². The van der Waals surface area contributed by atoms with E-state index in [4.69, 9.17) is 11.2 Å². The fourth-order valence-corrected chi connectivity index (χ4v) is 1.21. The Hall–Kier alpha value is -2.34. The van der Waals surface area contributed by atoms with Crippen LogP contribution < -0.4 is 4.74 Å². The maximum absolute atomic E-state index is 5.45. The number of aromatic nitrogens is 2. The molecule has 2 rings (SSSR count). The zero-order chi connectivity index (χ0) is 11.2. The summed E-state index contributed by atoms with van der Waals surface area (Å²) in [5.74, 6) is 2.87. The lowest BCUT2D eigenvalue weighted by atomic mass is 10.2. The van der Waals surface area contributed by atoms with Gasteiger partial charge in [0.1, 0.15) is 12.3 Å². The largest absolute Gasteiger partial charge is 0.472 e. The molecule has 78 valence electrons. The summed E-state index contributed by atoms with van der Waals surface area (Å²) in [4.78, 5) is 0. The van der Waals surface area contributed by atoms with Crippen LogP contribution in [0.5, 0.6) is 5.88 Å². The third kappa shape index (κ3) is 2.58. The Balaban J connectivity index is 1.98. The topological polar surface area (TPSA) is 35.0 Å². The van der Waals surface area contributed by atoms with Gasteiger partial charge in [-0.15, -0.1) is 16.6 Å². The molecule has 1 aromatic carbocycles. The van der Waals surface area contributed by atoms with Gasteiger partial charge in [-0.3, -0.25) is 0 Å². The number of rotatable bonds is 3. The Morgan fingerprint density at radius 2 is 1.88 bits per heavy atom. The second-order valence-electron chi connectivity index (χ2n) is 3.18. The van der Waals surface area contributed by atoms with Crippen molar-refractivity contribution < 1.29 is 4.74 Å². The molecule has 0 spiro atoms. The highest BCUT2D eigenvalue weighted by molar-refractivity contribution is 5.25. The van der Waals surface area contributed by atoms with E-state index >= 15 is 0 Å². The first-order chi connectivity index (χ1) is 7.88. The van der Waals surface area contributed by atoms with Gasteiger partial charge in [0.15, 0.2) is 0 Å². The van der Waals surface area contributed by atoms with Crippen molar-refractivity contribution in [1.82, 2.24) is 10.2 Å².